The zero-order chi connectivity index (χ0) is 23.3. The predicted octanol–water partition coefficient (Wildman–Crippen LogP) is 4.68. The van der Waals surface area contributed by atoms with E-state index in [-0.39, 0.29) is 18.1 Å². The van der Waals surface area contributed by atoms with E-state index >= 15 is 0 Å². The van der Waals surface area contributed by atoms with Crippen molar-refractivity contribution in [2.24, 2.45) is 0 Å². The summed E-state index contributed by atoms with van der Waals surface area (Å²) in [6.45, 7) is 0.267. The quantitative estimate of drug-likeness (QED) is 0.165. The van der Waals surface area contributed by atoms with Crippen molar-refractivity contribution < 1.29 is 18.3 Å². The SMILES string of the molecule is CO/C(C=O)=C/C(=C\N(C)C)c1cc(NSC)c2c(F)nn(Cc3ccc(F)cc3)c2c1. The Balaban J connectivity index is 2.21. The van der Waals surface area contributed by atoms with E-state index in [1.807, 2.05) is 37.5 Å². The van der Waals surface area contributed by atoms with Gasteiger partial charge in [0, 0.05) is 32.1 Å². The average Bonchev–Trinajstić information content (AvgIpc) is 3.08. The number of rotatable bonds is 9. The van der Waals surface area contributed by atoms with Gasteiger partial charge in [-0.15, -0.1) is 5.10 Å². The van der Waals surface area contributed by atoms with Gasteiger partial charge in [-0.1, -0.05) is 24.1 Å². The number of methoxy groups -OCH3 is 1. The van der Waals surface area contributed by atoms with Crippen LogP contribution in [0.5, 0.6) is 0 Å². The van der Waals surface area contributed by atoms with Crippen LogP contribution in [-0.2, 0) is 16.1 Å². The Morgan fingerprint density at radius 2 is 1.97 bits per heavy atom. The molecule has 1 heterocycles. The number of ether oxygens (including phenoxy) is 1. The lowest BCUT2D eigenvalue weighted by atomic mass is 10.0. The summed E-state index contributed by atoms with van der Waals surface area (Å²) in [6.07, 6.45) is 5.92. The third-order valence-corrected chi connectivity index (χ3v) is 5.07. The summed E-state index contributed by atoms with van der Waals surface area (Å²) < 4.78 is 37.9. The van der Waals surface area contributed by atoms with Gasteiger partial charge in [-0.3, -0.25) is 9.48 Å². The molecule has 32 heavy (non-hydrogen) atoms. The number of aldehydes is 1. The second-order valence-electron chi connectivity index (χ2n) is 7.22. The molecule has 0 bridgehead atoms. The number of nitrogens with zero attached hydrogens (tertiary/aromatic N) is 3. The molecule has 2 aromatic carbocycles. The maximum absolute atomic E-state index is 14.9. The monoisotopic (exact) mass is 458 g/mol. The Morgan fingerprint density at radius 3 is 2.56 bits per heavy atom. The molecule has 0 saturated carbocycles. The number of aromatic nitrogens is 2. The zero-order valence-electron chi connectivity index (χ0n) is 18.2. The van der Waals surface area contributed by atoms with Gasteiger partial charge in [0.25, 0.3) is 0 Å². The van der Waals surface area contributed by atoms with Crippen LogP contribution in [0.4, 0.5) is 14.5 Å². The molecule has 6 nitrogen and oxygen atoms in total. The lowest BCUT2D eigenvalue weighted by Gasteiger charge is -2.14. The molecule has 3 aromatic rings. The fraction of sp³-hybridized carbons (Fsp3) is 0.217. The van der Waals surface area contributed by atoms with Crippen LogP contribution in [0.2, 0.25) is 0 Å². The van der Waals surface area contributed by atoms with Gasteiger partial charge in [-0.05, 0) is 41.5 Å². The first-order valence-corrected chi connectivity index (χ1v) is 10.9. The van der Waals surface area contributed by atoms with Crippen LogP contribution in [0.3, 0.4) is 0 Å². The smallest absolute Gasteiger partial charge is 0.242 e. The number of anilines is 1. The minimum Gasteiger partial charge on any atom is -0.493 e. The lowest BCUT2D eigenvalue weighted by molar-refractivity contribution is -0.107. The van der Waals surface area contributed by atoms with Crippen LogP contribution in [-0.4, -0.2) is 48.4 Å². The largest absolute Gasteiger partial charge is 0.493 e. The molecule has 3 rings (SSSR count). The van der Waals surface area contributed by atoms with E-state index in [4.69, 9.17) is 4.74 Å². The number of hydrogen-bond donors (Lipinski definition) is 1. The summed E-state index contributed by atoms with van der Waals surface area (Å²) in [5.41, 5.74) is 3.33. The molecule has 0 fully saturated rings. The van der Waals surface area contributed by atoms with E-state index in [1.54, 1.807) is 29.0 Å². The highest BCUT2D eigenvalue weighted by atomic mass is 32.2. The number of hydrogen-bond acceptors (Lipinski definition) is 6. The standard InChI is InChI=1S/C23H24F2N4O2S/c1-28(2)13-17(9-19(14-30)31-3)16-10-20(27-32-4)22-21(11-16)29(26-23(22)25)12-15-5-7-18(24)8-6-15/h5-11,13-14,27H,12H2,1-4H3/b17-13+,19-9+. The second kappa shape index (κ2) is 10.3. The lowest BCUT2D eigenvalue weighted by Crippen LogP contribution is -2.04. The molecule has 1 aromatic heterocycles. The molecule has 0 unspecified atom stereocenters. The number of nitrogens with one attached hydrogen (secondary N) is 1. The molecular formula is C23H24F2N4O2S. The van der Waals surface area contributed by atoms with Gasteiger partial charge in [0.15, 0.2) is 12.0 Å². The van der Waals surface area contributed by atoms with Crippen molar-refractivity contribution in [1.82, 2.24) is 14.7 Å². The molecule has 0 saturated heterocycles. The first kappa shape index (κ1) is 23.3. The van der Waals surface area contributed by atoms with E-state index in [2.05, 4.69) is 9.82 Å². The summed E-state index contributed by atoms with van der Waals surface area (Å²) in [4.78, 5) is 13.2. The molecule has 0 atom stereocenters. The molecular weight excluding hydrogens is 434 g/mol. The van der Waals surface area contributed by atoms with E-state index < -0.39 is 5.95 Å². The minimum absolute atomic E-state index is 0.156. The second-order valence-corrected chi connectivity index (χ2v) is 7.83. The van der Waals surface area contributed by atoms with Gasteiger partial charge in [-0.25, -0.2) is 4.39 Å². The van der Waals surface area contributed by atoms with Crippen molar-refractivity contribution in [3.8, 4) is 0 Å². The number of carbonyl (C=O) groups excluding carboxylic acids is 1. The van der Waals surface area contributed by atoms with Gasteiger partial charge in [-0.2, -0.15) is 4.39 Å². The average molecular weight is 459 g/mol. The highest BCUT2D eigenvalue weighted by Crippen LogP contribution is 2.33. The predicted molar refractivity (Wildman–Crippen MR) is 125 cm³/mol. The van der Waals surface area contributed by atoms with Crippen molar-refractivity contribution >= 4 is 40.4 Å². The molecule has 0 spiro atoms. The molecule has 0 radical (unpaired) electrons. The van der Waals surface area contributed by atoms with Crippen LogP contribution >= 0.6 is 11.9 Å². The number of allylic oxidation sites excluding steroid dienone is 3. The van der Waals surface area contributed by atoms with Crippen LogP contribution in [0.1, 0.15) is 11.1 Å². The Kier molecular flexibility index (Phi) is 7.53. The first-order chi connectivity index (χ1) is 15.4. The number of halogens is 2. The van der Waals surface area contributed by atoms with Crippen molar-refractivity contribution in [3.63, 3.8) is 0 Å². The van der Waals surface area contributed by atoms with E-state index in [1.165, 1.54) is 31.2 Å². The topological polar surface area (TPSA) is 59.4 Å². The normalized spacial score (nSPS) is 12.2. The van der Waals surface area contributed by atoms with E-state index in [0.29, 0.717) is 28.4 Å². The summed E-state index contributed by atoms with van der Waals surface area (Å²) >= 11 is 1.33. The highest BCUT2D eigenvalue weighted by molar-refractivity contribution is 7.99. The fourth-order valence-corrected chi connectivity index (χ4v) is 3.65. The van der Waals surface area contributed by atoms with Crippen LogP contribution in [0.25, 0.3) is 16.5 Å². The molecule has 0 aliphatic heterocycles. The van der Waals surface area contributed by atoms with Crippen molar-refractivity contribution in [2.45, 2.75) is 6.54 Å². The zero-order valence-corrected chi connectivity index (χ0v) is 19.0. The van der Waals surface area contributed by atoms with Crippen molar-refractivity contribution in [1.29, 1.82) is 0 Å². The molecule has 168 valence electrons. The molecule has 0 aliphatic rings. The minimum atomic E-state index is -0.607. The Labute approximate surface area is 189 Å². The third kappa shape index (κ3) is 5.28. The maximum Gasteiger partial charge on any atom is 0.242 e. The van der Waals surface area contributed by atoms with Gasteiger partial charge in [0.05, 0.1) is 30.2 Å². The van der Waals surface area contributed by atoms with E-state index in [0.717, 1.165) is 11.1 Å². The Morgan fingerprint density at radius 1 is 1.25 bits per heavy atom. The summed E-state index contributed by atoms with van der Waals surface area (Å²) in [7, 11) is 5.14. The fourth-order valence-electron chi connectivity index (χ4n) is 3.27. The summed E-state index contributed by atoms with van der Waals surface area (Å²) in [5, 5.41) is 4.43. The van der Waals surface area contributed by atoms with Crippen molar-refractivity contribution in [3.05, 3.63) is 77.3 Å². The molecule has 1 N–H and O–H groups in total. The van der Waals surface area contributed by atoms with Crippen LogP contribution < -0.4 is 4.72 Å². The number of fused-ring (bicyclic) bond motifs is 1. The van der Waals surface area contributed by atoms with Gasteiger partial charge >= 0.3 is 0 Å². The van der Waals surface area contributed by atoms with E-state index in [9.17, 15) is 13.6 Å². The molecule has 9 heteroatoms. The number of carbonyl (C=O) groups is 1. The van der Waals surface area contributed by atoms with Crippen LogP contribution in [0.15, 0.2) is 54.4 Å². The Bertz CT molecular complexity index is 1170. The molecule has 0 aliphatic carbocycles. The van der Waals surface area contributed by atoms with Gasteiger partial charge < -0.3 is 14.4 Å². The summed E-state index contributed by atoms with van der Waals surface area (Å²) in [5.74, 6) is -0.790. The first-order valence-electron chi connectivity index (χ1n) is 9.69. The highest BCUT2D eigenvalue weighted by Gasteiger charge is 2.18. The number of benzene rings is 2. The maximum atomic E-state index is 14.9. The summed E-state index contributed by atoms with van der Waals surface area (Å²) in [6, 6.07) is 9.61. The van der Waals surface area contributed by atoms with Crippen molar-refractivity contribution in [2.75, 3.05) is 32.2 Å². The Hall–Kier alpha value is -3.33. The van der Waals surface area contributed by atoms with Gasteiger partial charge in [0.2, 0.25) is 5.95 Å². The molecule has 0 amide bonds. The third-order valence-electron chi connectivity index (χ3n) is 4.65. The van der Waals surface area contributed by atoms with Gasteiger partial charge in [0.1, 0.15) is 5.82 Å². The van der Waals surface area contributed by atoms with Crippen LogP contribution in [0, 0.1) is 11.8 Å².